The number of carbonyl (C=O) groups is 1. The van der Waals surface area contributed by atoms with Gasteiger partial charge >= 0.3 is 0 Å². The highest BCUT2D eigenvalue weighted by molar-refractivity contribution is 9.10. The van der Waals surface area contributed by atoms with Crippen LogP contribution in [0.15, 0.2) is 46.9 Å². The number of nitrogens with two attached hydrogens (primary N) is 1. The van der Waals surface area contributed by atoms with Crippen LogP contribution in [0.2, 0.25) is 0 Å². The smallest absolute Gasteiger partial charge is 0.252 e. The van der Waals surface area contributed by atoms with Crippen LogP contribution in [-0.2, 0) is 6.42 Å². The zero-order chi connectivity index (χ0) is 14.5. The van der Waals surface area contributed by atoms with Gasteiger partial charge in [-0.1, -0.05) is 24.3 Å². The average Bonchev–Trinajstić information content (AvgIpc) is 2.44. The van der Waals surface area contributed by atoms with E-state index in [0.717, 1.165) is 27.7 Å². The van der Waals surface area contributed by atoms with E-state index in [1.54, 1.807) is 0 Å². The molecular weight excluding hydrogens is 316 g/mol. The molecule has 0 bridgehead atoms. The quantitative estimate of drug-likeness (QED) is 0.844. The summed E-state index contributed by atoms with van der Waals surface area (Å²) in [4.78, 5) is 12.1. The summed E-state index contributed by atoms with van der Waals surface area (Å²) >= 11 is 3.45. The SMILES string of the molecule is Cc1cccc(C(=O)NCCc2ccc(N)cc2)c1Br. The molecule has 0 heterocycles. The largest absolute Gasteiger partial charge is 0.399 e. The van der Waals surface area contributed by atoms with Gasteiger partial charge in [0.1, 0.15) is 0 Å². The lowest BCUT2D eigenvalue weighted by Crippen LogP contribution is -2.26. The number of amides is 1. The Morgan fingerprint density at radius 2 is 1.90 bits per heavy atom. The minimum absolute atomic E-state index is 0.0592. The molecule has 20 heavy (non-hydrogen) atoms. The molecular formula is C16H17BrN2O. The molecule has 1 amide bonds. The van der Waals surface area contributed by atoms with Gasteiger partial charge in [-0.25, -0.2) is 0 Å². The fourth-order valence-corrected chi connectivity index (χ4v) is 2.37. The van der Waals surface area contributed by atoms with E-state index in [-0.39, 0.29) is 5.91 Å². The monoisotopic (exact) mass is 332 g/mol. The van der Waals surface area contributed by atoms with E-state index < -0.39 is 0 Å². The van der Waals surface area contributed by atoms with Gasteiger partial charge in [-0.3, -0.25) is 4.79 Å². The van der Waals surface area contributed by atoms with E-state index in [2.05, 4.69) is 21.2 Å². The Hall–Kier alpha value is -1.81. The van der Waals surface area contributed by atoms with Crippen molar-refractivity contribution >= 4 is 27.5 Å². The zero-order valence-electron chi connectivity index (χ0n) is 11.3. The third-order valence-electron chi connectivity index (χ3n) is 3.12. The normalized spacial score (nSPS) is 10.3. The number of aryl methyl sites for hydroxylation is 1. The van der Waals surface area contributed by atoms with Crippen LogP contribution in [-0.4, -0.2) is 12.5 Å². The number of halogens is 1. The summed E-state index contributed by atoms with van der Waals surface area (Å²) in [6.07, 6.45) is 0.787. The summed E-state index contributed by atoms with van der Waals surface area (Å²) in [5.74, 6) is -0.0592. The van der Waals surface area contributed by atoms with Crippen molar-refractivity contribution in [2.45, 2.75) is 13.3 Å². The van der Waals surface area contributed by atoms with Crippen molar-refractivity contribution < 1.29 is 4.79 Å². The first-order valence-corrected chi connectivity index (χ1v) is 7.25. The van der Waals surface area contributed by atoms with Gasteiger partial charge in [0, 0.05) is 16.7 Å². The molecule has 0 atom stereocenters. The standard InChI is InChI=1S/C16H17BrN2O/c1-11-3-2-4-14(15(11)17)16(20)19-10-9-12-5-7-13(18)8-6-12/h2-8H,9-10,18H2,1H3,(H,19,20). The first-order chi connectivity index (χ1) is 9.58. The second-order valence-electron chi connectivity index (χ2n) is 4.68. The van der Waals surface area contributed by atoms with Gasteiger partial charge in [0.25, 0.3) is 5.91 Å². The minimum atomic E-state index is -0.0592. The van der Waals surface area contributed by atoms with Crippen LogP contribution in [0.3, 0.4) is 0 Å². The molecule has 2 aromatic rings. The molecule has 0 spiro atoms. The lowest BCUT2D eigenvalue weighted by atomic mass is 10.1. The van der Waals surface area contributed by atoms with Crippen molar-refractivity contribution in [2.75, 3.05) is 12.3 Å². The molecule has 2 aromatic carbocycles. The molecule has 0 saturated carbocycles. The van der Waals surface area contributed by atoms with Crippen LogP contribution in [0.1, 0.15) is 21.5 Å². The fraction of sp³-hybridized carbons (Fsp3) is 0.188. The Kier molecular flexibility index (Phi) is 4.79. The molecule has 4 heteroatoms. The highest BCUT2D eigenvalue weighted by Gasteiger charge is 2.10. The Morgan fingerprint density at radius 3 is 2.60 bits per heavy atom. The number of benzene rings is 2. The molecule has 0 aliphatic rings. The molecule has 2 rings (SSSR count). The van der Waals surface area contributed by atoms with Gasteiger partial charge in [-0.15, -0.1) is 0 Å². The number of rotatable bonds is 4. The number of anilines is 1. The van der Waals surface area contributed by atoms with Crippen LogP contribution in [0.4, 0.5) is 5.69 Å². The predicted octanol–water partition coefficient (Wildman–Crippen LogP) is 3.31. The third kappa shape index (κ3) is 3.61. The van der Waals surface area contributed by atoms with Gasteiger partial charge in [-0.2, -0.15) is 0 Å². The molecule has 0 unspecified atom stereocenters. The summed E-state index contributed by atoms with van der Waals surface area (Å²) < 4.78 is 0.852. The summed E-state index contributed by atoms with van der Waals surface area (Å²) in [6.45, 7) is 2.57. The van der Waals surface area contributed by atoms with Gasteiger partial charge in [0.05, 0.1) is 5.56 Å². The summed E-state index contributed by atoms with van der Waals surface area (Å²) in [7, 11) is 0. The van der Waals surface area contributed by atoms with Crippen LogP contribution in [0.25, 0.3) is 0 Å². The van der Waals surface area contributed by atoms with E-state index in [1.165, 1.54) is 0 Å². The molecule has 0 aromatic heterocycles. The number of nitrogen functional groups attached to an aromatic ring is 1. The maximum atomic E-state index is 12.1. The van der Waals surface area contributed by atoms with Crippen molar-refractivity contribution in [3.05, 3.63) is 63.6 Å². The Balaban J connectivity index is 1.92. The molecule has 3 N–H and O–H groups in total. The topological polar surface area (TPSA) is 55.1 Å². The second kappa shape index (κ2) is 6.57. The van der Waals surface area contributed by atoms with Crippen LogP contribution in [0, 0.1) is 6.92 Å². The number of nitrogens with one attached hydrogen (secondary N) is 1. The van der Waals surface area contributed by atoms with E-state index in [0.29, 0.717) is 12.1 Å². The van der Waals surface area contributed by atoms with Crippen LogP contribution in [0.5, 0.6) is 0 Å². The summed E-state index contributed by atoms with van der Waals surface area (Å²) in [5.41, 5.74) is 9.26. The molecule has 0 fully saturated rings. The van der Waals surface area contributed by atoms with Crippen LogP contribution >= 0.6 is 15.9 Å². The van der Waals surface area contributed by atoms with Crippen molar-refractivity contribution in [1.82, 2.24) is 5.32 Å². The molecule has 0 saturated heterocycles. The van der Waals surface area contributed by atoms with E-state index >= 15 is 0 Å². The number of hydrogen-bond donors (Lipinski definition) is 2. The lowest BCUT2D eigenvalue weighted by molar-refractivity contribution is 0.0953. The Morgan fingerprint density at radius 1 is 1.20 bits per heavy atom. The summed E-state index contributed by atoms with van der Waals surface area (Å²) in [6, 6.07) is 13.4. The first-order valence-electron chi connectivity index (χ1n) is 6.45. The van der Waals surface area contributed by atoms with Gasteiger partial charge < -0.3 is 11.1 Å². The number of carbonyl (C=O) groups excluding carboxylic acids is 1. The molecule has 0 radical (unpaired) electrons. The summed E-state index contributed by atoms with van der Waals surface area (Å²) in [5, 5.41) is 2.93. The predicted molar refractivity (Wildman–Crippen MR) is 85.8 cm³/mol. The van der Waals surface area contributed by atoms with E-state index in [4.69, 9.17) is 5.73 Å². The first kappa shape index (κ1) is 14.6. The van der Waals surface area contributed by atoms with Crippen molar-refractivity contribution in [1.29, 1.82) is 0 Å². The number of hydrogen-bond acceptors (Lipinski definition) is 2. The maximum Gasteiger partial charge on any atom is 0.252 e. The highest BCUT2D eigenvalue weighted by Crippen LogP contribution is 2.20. The molecule has 104 valence electrons. The van der Waals surface area contributed by atoms with Gasteiger partial charge in [-0.05, 0) is 58.6 Å². The van der Waals surface area contributed by atoms with E-state index in [1.807, 2.05) is 49.4 Å². The minimum Gasteiger partial charge on any atom is -0.399 e. The molecule has 0 aliphatic carbocycles. The lowest BCUT2D eigenvalue weighted by Gasteiger charge is -2.08. The zero-order valence-corrected chi connectivity index (χ0v) is 12.9. The Bertz CT molecular complexity index is 608. The van der Waals surface area contributed by atoms with Crippen LogP contribution < -0.4 is 11.1 Å². The third-order valence-corrected chi connectivity index (χ3v) is 4.17. The van der Waals surface area contributed by atoms with Gasteiger partial charge in [0.15, 0.2) is 0 Å². The second-order valence-corrected chi connectivity index (χ2v) is 5.48. The molecule has 3 nitrogen and oxygen atoms in total. The van der Waals surface area contributed by atoms with Crippen molar-refractivity contribution in [3.8, 4) is 0 Å². The fourth-order valence-electron chi connectivity index (χ4n) is 1.92. The van der Waals surface area contributed by atoms with Crippen molar-refractivity contribution in [3.63, 3.8) is 0 Å². The molecule has 0 aliphatic heterocycles. The average molecular weight is 333 g/mol. The van der Waals surface area contributed by atoms with Crippen molar-refractivity contribution in [2.24, 2.45) is 0 Å². The Labute approximate surface area is 127 Å². The van der Waals surface area contributed by atoms with E-state index in [9.17, 15) is 4.79 Å². The van der Waals surface area contributed by atoms with Gasteiger partial charge in [0.2, 0.25) is 0 Å². The highest BCUT2D eigenvalue weighted by atomic mass is 79.9. The maximum absolute atomic E-state index is 12.1.